The van der Waals surface area contributed by atoms with Crippen LogP contribution in [0, 0.1) is 6.92 Å². The highest BCUT2D eigenvalue weighted by atomic mass is 19.1. The van der Waals surface area contributed by atoms with E-state index in [4.69, 9.17) is 5.10 Å². The first-order valence-corrected chi connectivity index (χ1v) is 19.6. The van der Waals surface area contributed by atoms with E-state index in [2.05, 4.69) is 34.3 Å². The predicted molar refractivity (Wildman–Crippen MR) is 216 cm³/mol. The molecule has 0 aliphatic carbocycles. The molecule has 3 aromatic carbocycles. The molecule has 5 heterocycles. The monoisotopic (exact) mass is 771 g/mol. The molecule has 8 rings (SSSR count). The van der Waals surface area contributed by atoms with E-state index in [1.165, 1.54) is 0 Å². The lowest BCUT2D eigenvalue weighted by atomic mass is 9.95. The van der Waals surface area contributed by atoms with Crippen LogP contribution in [0.25, 0.3) is 22.0 Å². The second kappa shape index (κ2) is 15.1. The summed E-state index contributed by atoms with van der Waals surface area (Å²) >= 11 is 0. The molecule has 0 spiro atoms. The number of nitrogens with zero attached hydrogens (tertiary/aromatic N) is 6. The van der Waals surface area contributed by atoms with E-state index < -0.39 is 35.8 Å². The molecule has 3 aliphatic rings. The van der Waals surface area contributed by atoms with Crippen molar-refractivity contribution < 1.29 is 23.6 Å². The average Bonchev–Trinajstić information content (AvgIpc) is 3.79. The van der Waals surface area contributed by atoms with Gasteiger partial charge in [0.2, 0.25) is 11.8 Å². The second-order valence-corrected chi connectivity index (χ2v) is 15.6. The van der Waals surface area contributed by atoms with Crippen LogP contribution in [-0.4, -0.2) is 75.6 Å². The first-order valence-electron chi connectivity index (χ1n) is 19.6. The molecule has 57 heavy (non-hydrogen) atoms. The SMILES string of the molecule is Cc1cc2c(N(C)CCCc3ccc(C(C)F)c(-c4cnn(C5CCN(c6ccc7c(c6)C(=O)N(C6CCC(=O)NC6=O)C7=O)CC5)c4)c3)cccc2n(C)c1=O. The second-order valence-electron chi connectivity index (χ2n) is 15.6. The average molecular weight is 772 g/mol. The first kappa shape index (κ1) is 37.8. The normalized spacial score (nSPS) is 18.0. The van der Waals surface area contributed by atoms with E-state index in [9.17, 15) is 28.4 Å². The number of hydrogen-bond acceptors (Lipinski definition) is 8. The van der Waals surface area contributed by atoms with Crippen molar-refractivity contribution in [1.82, 2.24) is 24.6 Å². The third-order valence-electron chi connectivity index (χ3n) is 11.9. The van der Waals surface area contributed by atoms with Gasteiger partial charge in [-0.25, -0.2) is 4.39 Å². The third-order valence-corrected chi connectivity index (χ3v) is 11.9. The molecule has 2 saturated heterocycles. The summed E-state index contributed by atoms with van der Waals surface area (Å²) in [7, 11) is 3.88. The van der Waals surface area contributed by atoms with E-state index in [-0.39, 0.29) is 35.6 Å². The first-order chi connectivity index (χ1) is 27.4. The maximum absolute atomic E-state index is 15.0. The highest BCUT2D eigenvalue weighted by molar-refractivity contribution is 6.23. The molecule has 2 fully saturated rings. The number of benzene rings is 3. The van der Waals surface area contributed by atoms with Crippen LogP contribution in [0.1, 0.15) is 88.6 Å². The van der Waals surface area contributed by atoms with Crippen LogP contribution in [-0.2, 0) is 23.1 Å². The maximum atomic E-state index is 15.0. The number of rotatable bonds is 10. The van der Waals surface area contributed by atoms with Crippen molar-refractivity contribution in [3.63, 3.8) is 0 Å². The molecule has 12 nitrogen and oxygen atoms in total. The molecule has 4 amide bonds. The van der Waals surface area contributed by atoms with Crippen molar-refractivity contribution in [3.8, 4) is 11.1 Å². The number of aryl methyl sites for hydroxylation is 3. The van der Waals surface area contributed by atoms with Gasteiger partial charge in [-0.3, -0.25) is 38.9 Å². The van der Waals surface area contributed by atoms with Gasteiger partial charge in [0.15, 0.2) is 0 Å². The molecule has 2 unspecified atom stereocenters. The summed E-state index contributed by atoms with van der Waals surface area (Å²) < 4.78 is 18.7. The highest BCUT2D eigenvalue weighted by Gasteiger charge is 2.45. The number of amides is 4. The van der Waals surface area contributed by atoms with Crippen LogP contribution < -0.4 is 20.7 Å². The number of aromatic nitrogens is 3. The third kappa shape index (κ3) is 7.00. The van der Waals surface area contributed by atoms with E-state index in [1.54, 1.807) is 23.6 Å². The quantitative estimate of drug-likeness (QED) is 0.170. The Labute approximate surface area is 329 Å². The van der Waals surface area contributed by atoms with Gasteiger partial charge < -0.3 is 14.4 Å². The zero-order chi connectivity index (χ0) is 40.1. The summed E-state index contributed by atoms with van der Waals surface area (Å²) in [6, 6.07) is 18.3. The Hall–Kier alpha value is -6.11. The number of nitrogens with one attached hydrogen (secondary N) is 1. The van der Waals surface area contributed by atoms with Crippen molar-refractivity contribution >= 4 is 45.9 Å². The largest absolute Gasteiger partial charge is 0.374 e. The minimum absolute atomic E-state index is 0.00910. The number of fused-ring (bicyclic) bond motifs is 2. The minimum Gasteiger partial charge on any atom is -0.374 e. The van der Waals surface area contributed by atoms with Crippen LogP contribution in [0.15, 0.2) is 77.9 Å². The van der Waals surface area contributed by atoms with Gasteiger partial charge in [-0.15, -0.1) is 0 Å². The summed E-state index contributed by atoms with van der Waals surface area (Å²) in [6.45, 7) is 5.61. The summed E-state index contributed by atoms with van der Waals surface area (Å²) in [5.41, 5.74) is 7.51. The Kier molecular flexibility index (Phi) is 10.0. The van der Waals surface area contributed by atoms with Crippen LogP contribution in [0.2, 0.25) is 0 Å². The van der Waals surface area contributed by atoms with Crippen LogP contribution in [0.4, 0.5) is 15.8 Å². The highest BCUT2D eigenvalue weighted by Crippen LogP contribution is 2.35. The molecule has 0 radical (unpaired) electrons. The zero-order valence-corrected chi connectivity index (χ0v) is 32.6. The molecule has 5 aromatic rings. The molecule has 0 saturated carbocycles. The Balaban J connectivity index is 0.917. The van der Waals surface area contributed by atoms with E-state index in [0.717, 1.165) is 76.1 Å². The smallest absolute Gasteiger partial charge is 0.262 e. The number of alkyl halides is 1. The topological polar surface area (TPSA) is 130 Å². The summed E-state index contributed by atoms with van der Waals surface area (Å²) in [5, 5.41) is 8.02. The fourth-order valence-corrected chi connectivity index (χ4v) is 8.68. The number of carbonyl (C=O) groups excluding carboxylic acids is 4. The number of piperidine rings is 2. The van der Waals surface area contributed by atoms with Gasteiger partial charge in [0.05, 0.1) is 28.9 Å². The van der Waals surface area contributed by atoms with Crippen molar-refractivity contribution in [2.45, 2.75) is 70.6 Å². The van der Waals surface area contributed by atoms with Crippen LogP contribution >= 0.6 is 0 Å². The van der Waals surface area contributed by atoms with Crippen LogP contribution in [0.3, 0.4) is 0 Å². The molecule has 3 aliphatic heterocycles. The Morgan fingerprint density at radius 2 is 1.70 bits per heavy atom. The summed E-state index contributed by atoms with van der Waals surface area (Å²) in [6.07, 6.45) is 6.14. The van der Waals surface area contributed by atoms with Crippen molar-refractivity contribution in [1.29, 1.82) is 0 Å². The molecular formula is C44H46FN7O5. The molecule has 2 aromatic heterocycles. The van der Waals surface area contributed by atoms with Crippen molar-refractivity contribution in [2.24, 2.45) is 7.05 Å². The molecule has 2 atom stereocenters. The van der Waals surface area contributed by atoms with Gasteiger partial charge in [-0.05, 0) is 99.0 Å². The fraction of sp³-hybridized carbons (Fsp3) is 0.364. The molecule has 0 bridgehead atoms. The number of pyridine rings is 1. The molecule has 1 N–H and O–H groups in total. The number of halogens is 1. The lowest BCUT2D eigenvalue weighted by Gasteiger charge is -2.33. The summed E-state index contributed by atoms with van der Waals surface area (Å²) in [5.74, 6) is -2.07. The number of imide groups is 2. The standard InChI is InChI=1S/C44H46FN7O5/c1-26-21-36-37(8-5-9-38(36)49(4)42(26)55)48(3)18-6-7-28-10-12-32(27(2)45)34(22-28)29-24-46-51(25-29)30-16-19-50(20-17-30)31-11-13-33-35(23-31)44(57)52(43(33)56)39-14-15-40(53)47-41(39)54/h5,8-13,21-25,27,30,39H,6-7,14-20H2,1-4H3,(H,47,53,54). The number of carbonyl (C=O) groups is 4. The minimum atomic E-state index is -1.15. The zero-order valence-electron chi connectivity index (χ0n) is 32.6. The molecule has 294 valence electrons. The van der Waals surface area contributed by atoms with Gasteiger partial charge >= 0.3 is 0 Å². The fourth-order valence-electron chi connectivity index (χ4n) is 8.68. The Morgan fingerprint density at radius 3 is 2.46 bits per heavy atom. The van der Waals surface area contributed by atoms with Gasteiger partial charge in [-0.2, -0.15) is 5.10 Å². The van der Waals surface area contributed by atoms with E-state index in [1.807, 2.05) is 67.4 Å². The van der Waals surface area contributed by atoms with Crippen molar-refractivity contribution in [2.75, 3.05) is 36.5 Å². The van der Waals surface area contributed by atoms with Gasteiger partial charge in [0.1, 0.15) is 12.2 Å². The maximum Gasteiger partial charge on any atom is 0.262 e. The lowest BCUT2D eigenvalue weighted by molar-refractivity contribution is -0.136. The lowest BCUT2D eigenvalue weighted by Crippen LogP contribution is -2.54. The molecular weight excluding hydrogens is 726 g/mol. The van der Waals surface area contributed by atoms with E-state index >= 15 is 0 Å². The van der Waals surface area contributed by atoms with E-state index in [0.29, 0.717) is 24.2 Å². The van der Waals surface area contributed by atoms with Gasteiger partial charge in [0, 0.05) is 74.2 Å². The molecule has 13 heteroatoms. The van der Waals surface area contributed by atoms with Gasteiger partial charge in [0.25, 0.3) is 17.4 Å². The van der Waals surface area contributed by atoms with Crippen molar-refractivity contribution in [3.05, 3.63) is 111 Å². The van der Waals surface area contributed by atoms with Gasteiger partial charge in [-0.1, -0.05) is 24.3 Å². The number of hydrogen-bond donors (Lipinski definition) is 1. The van der Waals surface area contributed by atoms with Crippen LogP contribution in [0.5, 0.6) is 0 Å². The predicted octanol–water partition coefficient (Wildman–Crippen LogP) is 6.05. The number of anilines is 2. The Morgan fingerprint density at radius 1 is 0.930 bits per heavy atom. The Bertz CT molecular complexity index is 2500. The summed E-state index contributed by atoms with van der Waals surface area (Å²) in [4.78, 5) is 68.6.